The SMILES string of the molecule is COC(=O)CCCc1ncc(-c2ccc(NS(=O)(=O)c3ccc(OC)cc3OC)cc2)s1. The number of hydrogen-bond donors (Lipinski definition) is 1. The fourth-order valence-corrected chi connectivity index (χ4v) is 5.13. The highest BCUT2D eigenvalue weighted by molar-refractivity contribution is 7.92. The summed E-state index contributed by atoms with van der Waals surface area (Å²) in [4.78, 5) is 16.6. The number of carbonyl (C=O) groups is 1. The minimum absolute atomic E-state index is 0.0175. The van der Waals surface area contributed by atoms with Crippen molar-refractivity contribution in [1.29, 1.82) is 0 Å². The van der Waals surface area contributed by atoms with Crippen molar-refractivity contribution in [2.45, 2.75) is 24.2 Å². The minimum atomic E-state index is -3.85. The highest BCUT2D eigenvalue weighted by Crippen LogP contribution is 2.31. The van der Waals surface area contributed by atoms with Gasteiger partial charge in [-0.25, -0.2) is 13.4 Å². The highest BCUT2D eigenvalue weighted by Gasteiger charge is 2.20. The van der Waals surface area contributed by atoms with Crippen LogP contribution in [0.3, 0.4) is 0 Å². The first-order valence-corrected chi connectivity index (χ1v) is 12.0. The summed E-state index contributed by atoms with van der Waals surface area (Å²) in [5.41, 5.74) is 1.35. The van der Waals surface area contributed by atoms with Gasteiger partial charge in [-0.1, -0.05) is 12.1 Å². The Bertz CT molecular complexity index is 1170. The van der Waals surface area contributed by atoms with Crippen LogP contribution in [0.2, 0.25) is 0 Å². The number of benzene rings is 2. The number of aromatic nitrogens is 1. The Morgan fingerprint density at radius 3 is 2.47 bits per heavy atom. The van der Waals surface area contributed by atoms with Gasteiger partial charge in [0.05, 0.1) is 31.2 Å². The molecule has 0 aliphatic heterocycles. The molecule has 0 atom stereocenters. The fourth-order valence-electron chi connectivity index (χ4n) is 2.95. The van der Waals surface area contributed by atoms with Crippen molar-refractivity contribution in [3.8, 4) is 21.9 Å². The van der Waals surface area contributed by atoms with Crippen LogP contribution in [0.1, 0.15) is 17.8 Å². The van der Waals surface area contributed by atoms with Gasteiger partial charge in [0.1, 0.15) is 16.4 Å². The van der Waals surface area contributed by atoms with E-state index in [4.69, 9.17) is 9.47 Å². The molecule has 0 saturated carbocycles. The van der Waals surface area contributed by atoms with Gasteiger partial charge in [-0.2, -0.15) is 0 Å². The van der Waals surface area contributed by atoms with Crippen LogP contribution in [0.15, 0.2) is 53.6 Å². The Labute approximate surface area is 191 Å². The summed E-state index contributed by atoms with van der Waals surface area (Å²) in [6, 6.07) is 11.6. The van der Waals surface area contributed by atoms with Crippen LogP contribution in [0.25, 0.3) is 10.4 Å². The van der Waals surface area contributed by atoms with Crippen LogP contribution >= 0.6 is 11.3 Å². The van der Waals surface area contributed by atoms with E-state index in [1.54, 1.807) is 24.4 Å². The first kappa shape index (κ1) is 23.6. The van der Waals surface area contributed by atoms with E-state index in [-0.39, 0.29) is 16.6 Å². The lowest BCUT2D eigenvalue weighted by molar-refractivity contribution is -0.140. The number of esters is 1. The third-order valence-corrected chi connectivity index (χ3v) is 7.16. The Kier molecular flexibility index (Phi) is 7.70. The van der Waals surface area contributed by atoms with Gasteiger partial charge in [-0.15, -0.1) is 11.3 Å². The molecule has 2 aromatic carbocycles. The molecule has 0 aliphatic carbocycles. The first-order chi connectivity index (χ1) is 15.4. The zero-order chi connectivity index (χ0) is 23.1. The monoisotopic (exact) mass is 476 g/mol. The summed E-state index contributed by atoms with van der Waals surface area (Å²) < 4.78 is 43.2. The van der Waals surface area contributed by atoms with Crippen LogP contribution in [0.5, 0.6) is 11.5 Å². The quantitative estimate of drug-likeness (QED) is 0.439. The molecule has 32 heavy (non-hydrogen) atoms. The Balaban J connectivity index is 1.69. The number of carbonyl (C=O) groups excluding carboxylic acids is 1. The van der Waals surface area contributed by atoms with Gasteiger partial charge in [0.25, 0.3) is 10.0 Å². The van der Waals surface area contributed by atoms with Crippen molar-refractivity contribution >= 4 is 33.0 Å². The molecule has 170 valence electrons. The summed E-state index contributed by atoms with van der Waals surface area (Å²) in [5.74, 6) is 0.462. The van der Waals surface area contributed by atoms with Crippen molar-refractivity contribution in [1.82, 2.24) is 4.98 Å². The second-order valence-corrected chi connectivity index (χ2v) is 9.51. The summed E-state index contributed by atoms with van der Waals surface area (Å²) >= 11 is 1.54. The number of sulfonamides is 1. The van der Waals surface area contributed by atoms with Crippen molar-refractivity contribution in [3.63, 3.8) is 0 Å². The van der Waals surface area contributed by atoms with E-state index in [2.05, 4.69) is 14.4 Å². The number of nitrogens with zero attached hydrogens (tertiary/aromatic N) is 1. The van der Waals surface area contributed by atoms with E-state index < -0.39 is 10.0 Å². The molecule has 3 rings (SSSR count). The van der Waals surface area contributed by atoms with Crippen LogP contribution in [-0.2, 0) is 26.0 Å². The number of hydrogen-bond acceptors (Lipinski definition) is 8. The smallest absolute Gasteiger partial charge is 0.305 e. The first-order valence-electron chi connectivity index (χ1n) is 9.73. The fraction of sp³-hybridized carbons (Fsp3) is 0.273. The van der Waals surface area contributed by atoms with E-state index >= 15 is 0 Å². The maximum Gasteiger partial charge on any atom is 0.305 e. The van der Waals surface area contributed by atoms with Crippen LogP contribution < -0.4 is 14.2 Å². The predicted molar refractivity (Wildman–Crippen MR) is 123 cm³/mol. The van der Waals surface area contributed by atoms with Gasteiger partial charge in [0, 0.05) is 24.4 Å². The number of methoxy groups -OCH3 is 3. The van der Waals surface area contributed by atoms with Crippen molar-refractivity contribution in [2.75, 3.05) is 26.1 Å². The molecule has 0 radical (unpaired) electrons. The van der Waals surface area contributed by atoms with E-state index in [1.807, 2.05) is 12.1 Å². The molecule has 0 spiro atoms. The Hall–Kier alpha value is -3.11. The molecular weight excluding hydrogens is 452 g/mol. The number of nitrogens with one attached hydrogen (secondary N) is 1. The average molecular weight is 477 g/mol. The van der Waals surface area contributed by atoms with Gasteiger partial charge in [-0.05, 0) is 42.7 Å². The van der Waals surface area contributed by atoms with Gasteiger partial charge in [0.2, 0.25) is 0 Å². The normalized spacial score (nSPS) is 11.1. The largest absolute Gasteiger partial charge is 0.497 e. The second kappa shape index (κ2) is 10.5. The molecule has 8 nitrogen and oxygen atoms in total. The zero-order valence-electron chi connectivity index (χ0n) is 18.0. The van der Waals surface area contributed by atoms with Crippen LogP contribution in [-0.4, -0.2) is 40.7 Å². The summed E-state index contributed by atoms with van der Waals surface area (Å²) in [6.45, 7) is 0. The highest BCUT2D eigenvalue weighted by atomic mass is 32.2. The van der Waals surface area contributed by atoms with Crippen molar-refractivity contribution < 1.29 is 27.4 Å². The summed E-state index contributed by atoms with van der Waals surface area (Å²) in [5, 5.41) is 0.931. The molecule has 0 aliphatic rings. The summed E-state index contributed by atoms with van der Waals surface area (Å²) in [6.07, 6.45) is 3.51. The van der Waals surface area contributed by atoms with Crippen LogP contribution in [0.4, 0.5) is 5.69 Å². The van der Waals surface area contributed by atoms with Crippen LogP contribution in [0, 0.1) is 0 Å². The molecule has 1 aromatic heterocycles. The van der Waals surface area contributed by atoms with Crippen molar-refractivity contribution in [3.05, 3.63) is 53.7 Å². The topological polar surface area (TPSA) is 104 Å². The third-order valence-electron chi connectivity index (χ3n) is 4.63. The van der Waals surface area contributed by atoms with Gasteiger partial charge in [0.15, 0.2) is 0 Å². The molecule has 1 N–H and O–H groups in total. The van der Waals surface area contributed by atoms with E-state index in [9.17, 15) is 13.2 Å². The second-order valence-electron chi connectivity index (χ2n) is 6.75. The third kappa shape index (κ3) is 5.77. The van der Waals surface area contributed by atoms with Gasteiger partial charge < -0.3 is 14.2 Å². The Morgan fingerprint density at radius 2 is 1.81 bits per heavy atom. The Morgan fingerprint density at radius 1 is 1.06 bits per heavy atom. The summed E-state index contributed by atoms with van der Waals surface area (Å²) in [7, 11) is 0.425. The van der Waals surface area contributed by atoms with E-state index in [0.29, 0.717) is 30.7 Å². The maximum atomic E-state index is 12.8. The van der Waals surface area contributed by atoms with Crippen molar-refractivity contribution in [2.24, 2.45) is 0 Å². The lowest BCUT2D eigenvalue weighted by Gasteiger charge is -2.13. The maximum absolute atomic E-state index is 12.8. The number of ether oxygens (including phenoxy) is 3. The number of aryl methyl sites for hydroxylation is 1. The molecule has 0 fully saturated rings. The molecular formula is C22H24N2O6S2. The molecule has 0 unspecified atom stereocenters. The average Bonchev–Trinajstić information content (AvgIpc) is 3.27. The molecule has 10 heteroatoms. The van der Waals surface area contributed by atoms with Gasteiger partial charge in [-0.3, -0.25) is 9.52 Å². The minimum Gasteiger partial charge on any atom is -0.497 e. The molecule has 0 amide bonds. The van der Waals surface area contributed by atoms with E-state index in [0.717, 1.165) is 15.4 Å². The molecule has 3 aromatic rings. The lowest BCUT2D eigenvalue weighted by atomic mass is 10.2. The van der Waals surface area contributed by atoms with Gasteiger partial charge >= 0.3 is 5.97 Å². The van der Waals surface area contributed by atoms with E-state index in [1.165, 1.54) is 44.8 Å². The zero-order valence-corrected chi connectivity index (χ0v) is 19.6. The predicted octanol–water partition coefficient (Wildman–Crippen LogP) is 4.12. The number of rotatable bonds is 10. The number of anilines is 1. The lowest BCUT2D eigenvalue weighted by Crippen LogP contribution is -2.14. The molecule has 0 bridgehead atoms. The molecule has 1 heterocycles. The molecule has 0 saturated heterocycles. The number of thiazole rings is 1. The standard InChI is InChI=1S/C22H24N2O6S2/c1-28-17-11-12-20(18(13-17)29-2)32(26,27)24-16-9-7-15(8-10-16)19-14-23-21(31-19)5-4-6-22(25)30-3/h7-14,24H,4-6H2,1-3H3.